The molecule has 0 unspecified atom stereocenters. The van der Waals surface area contributed by atoms with Crippen LogP contribution in [0.3, 0.4) is 0 Å². The predicted octanol–water partition coefficient (Wildman–Crippen LogP) is 3.12. The van der Waals surface area contributed by atoms with Crippen molar-refractivity contribution in [2.75, 3.05) is 0 Å². The fraction of sp³-hybridized carbons (Fsp3) is 1.00. The van der Waals surface area contributed by atoms with Gasteiger partial charge in [-0.2, -0.15) is 25.3 Å². The molecule has 0 atom stereocenters. The topological polar surface area (TPSA) is 12.0 Å². The molecule has 1 aliphatic heterocycles. The Hall–Kier alpha value is 0.660. The molecule has 1 heterocycles. The van der Waals surface area contributed by atoms with Gasteiger partial charge in [0.25, 0.3) is 0 Å². The Morgan fingerprint density at radius 2 is 1.43 bits per heavy atom. The Morgan fingerprint density at radius 3 is 1.71 bits per heavy atom. The highest BCUT2D eigenvalue weighted by Gasteiger charge is 2.42. The minimum atomic E-state index is -0.170. The van der Waals surface area contributed by atoms with Crippen LogP contribution in [0.4, 0.5) is 0 Å². The van der Waals surface area contributed by atoms with Crippen LogP contribution in [0.1, 0.15) is 47.5 Å². The van der Waals surface area contributed by atoms with Crippen molar-refractivity contribution in [3.05, 3.63) is 0 Å². The first kappa shape index (κ1) is 12.7. The van der Waals surface area contributed by atoms with Crippen molar-refractivity contribution in [2.24, 2.45) is 5.92 Å². The van der Waals surface area contributed by atoms with Gasteiger partial charge in [-0.25, -0.2) is 0 Å². The van der Waals surface area contributed by atoms with Crippen LogP contribution in [-0.2, 0) is 0 Å². The summed E-state index contributed by atoms with van der Waals surface area (Å²) in [4.78, 5) is 0. The summed E-state index contributed by atoms with van der Waals surface area (Å²) in [6.45, 7) is 11.1. The molecule has 1 nitrogen and oxygen atoms in total. The van der Waals surface area contributed by atoms with E-state index in [0.29, 0.717) is 5.92 Å². The van der Waals surface area contributed by atoms with Gasteiger partial charge in [-0.15, -0.1) is 0 Å². The van der Waals surface area contributed by atoms with Crippen LogP contribution in [-0.4, -0.2) is 15.2 Å². The van der Waals surface area contributed by atoms with Crippen LogP contribution < -0.4 is 5.32 Å². The first-order valence-electron chi connectivity index (χ1n) is 5.26. The van der Waals surface area contributed by atoms with E-state index < -0.39 is 0 Å². The van der Waals surface area contributed by atoms with E-state index in [1.807, 2.05) is 0 Å². The SMILES string of the molecule is CC1(C)CC(C(C)(S)S)CC(C)(C)N1. The molecule has 0 spiro atoms. The number of nitrogens with one attached hydrogen (secondary N) is 1. The summed E-state index contributed by atoms with van der Waals surface area (Å²) in [6.07, 6.45) is 2.28. The molecule has 84 valence electrons. The maximum absolute atomic E-state index is 4.59. The molecule has 3 heteroatoms. The average Bonchev–Trinajstić information content (AvgIpc) is 1.76. The predicted molar refractivity (Wildman–Crippen MR) is 70.4 cm³/mol. The smallest absolute Gasteiger partial charge is 0.0553 e. The van der Waals surface area contributed by atoms with E-state index in [2.05, 4.69) is 65.2 Å². The molecule has 1 fully saturated rings. The minimum Gasteiger partial charge on any atom is -0.307 e. The third-order valence-corrected chi connectivity index (χ3v) is 3.69. The van der Waals surface area contributed by atoms with Crippen molar-refractivity contribution in [1.29, 1.82) is 0 Å². The third-order valence-electron chi connectivity index (χ3n) is 2.96. The summed E-state index contributed by atoms with van der Waals surface area (Å²) in [5.74, 6) is 0.556. The highest BCUT2D eigenvalue weighted by molar-refractivity contribution is 8.00. The summed E-state index contributed by atoms with van der Waals surface area (Å²) in [5.41, 5.74) is 0.387. The summed E-state index contributed by atoms with van der Waals surface area (Å²) < 4.78 is -0.170. The number of thiol groups is 2. The average molecular weight is 233 g/mol. The molecule has 1 aliphatic rings. The van der Waals surface area contributed by atoms with E-state index in [1.54, 1.807) is 0 Å². The maximum Gasteiger partial charge on any atom is 0.0553 e. The van der Waals surface area contributed by atoms with Crippen molar-refractivity contribution in [1.82, 2.24) is 5.32 Å². The maximum atomic E-state index is 4.59. The second-order valence-corrected chi connectivity index (χ2v) is 8.30. The van der Waals surface area contributed by atoms with Gasteiger partial charge < -0.3 is 5.32 Å². The molecular formula is C11H23NS2. The lowest BCUT2D eigenvalue weighted by Gasteiger charge is -2.49. The lowest BCUT2D eigenvalue weighted by Crippen LogP contribution is -2.59. The van der Waals surface area contributed by atoms with Gasteiger partial charge in [0.1, 0.15) is 0 Å². The van der Waals surface area contributed by atoms with Gasteiger partial charge in [-0.3, -0.25) is 0 Å². The van der Waals surface area contributed by atoms with E-state index in [4.69, 9.17) is 0 Å². The van der Waals surface area contributed by atoms with Crippen molar-refractivity contribution >= 4 is 25.3 Å². The quantitative estimate of drug-likeness (QED) is 0.467. The Balaban J connectivity index is 2.82. The molecule has 1 saturated heterocycles. The Kier molecular flexibility index (Phi) is 3.27. The van der Waals surface area contributed by atoms with E-state index in [9.17, 15) is 0 Å². The van der Waals surface area contributed by atoms with E-state index in [0.717, 1.165) is 12.8 Å². The van der Waals surface area contributed by atoms with Crippen LogP contribution >= 0.6 is 25.3 Å². The summed E-state index contributed by atoms with van der Waals surface area (Å²) >= 11 is 9.18. The minimum absolute atomic E-state index is 0.170. The molecule has 0 saturated carbocycles. The number of hydrogen-bond acceptors (Lipinski definition) is 3. The van der Waals surface area contributed by atoms with Crippen LogP contribution in [0.25, 0.3) is 0 Å². The summed E-state index contributed by atoms with van der Waals surface area (Å²) in [5, 5.41) is 3.67. The van der Waals surface area contributed by atoms with Gasteiger partial charge >= 0.3 is 0 Å². The highest BCUT2D eigenvalue weighted by Crippen LogP contribution is 2.43. The normalized spacial score (nSPS) is 27.6. The molecule has 0 radical (unpaired) electrons. The second-order valence-electron chi connectivity index (χ2n) is 6.09. The van der Waals surface area contributed by atoms with Crippen LogP contribution in [0, 0.1) is 5.92 Å². The number of rotatable bonds is 1. The van der Waals surface area contributed by atoms with E-state index >= 15 is 0 Å². The van der Waals surface area contributed by atoms with Crippen molar-refractivity contribution in [3.63, 3.8) is 0 Å². The van der Waals surface area contributed by atoms with Crippen molar-refractivity contribution in [2.45, 2.75) is 62.6 Å². The third kappa shape index (κ3) is 3.35. The highest BCUT2D eigenvalue weighted by atomic mass is 32.2. The van der Waals surface area contributed by atoms with Crippen LogP contribution in [0.5, 0.6) is 0 Å². The Morgan fingerprint density at radius 1 is 1.07 bits per heavy atom. The molecule has 14 heavy (non-hydrogen) atoms. The lowest BCUT2D eigenvalue weighted by molar-refractivity contribution is 0.125. The molecule has 1 rings (SSSR count). The zero-order valence-corrected chi connectivity index (χ0v) is 11.7. The second kappa shape index (κ2) is 3.60. The fourth-order valence-electron chi connectivity index (χ4n) is 2.71. The summed E-state index contributed by atoms with van der Waals surface area (Å²) in [6, 6.07) is 0. The zero-order valence-electron chi connectivity index (χ0n) is 9.89. The van der Waals surface area contributed by atoms with Crippen LogP contribution in [0.15, 0.2) is 0 Å². The first-order chi connectivity index (χ1) is 6.02. The Bertz CT molecular complexity index is 200. The zero-order chi connectivity index (χ0) is 11.2. The molecule has 0 aromatic rings. The van der Waals surface area contributed by atoms with Gasteiger partial charge in [-0.05, 0) is 53.4 Å². The molecule has 0 aliphatic carbocycles. The van der Waals surface area contributed by atoms with Gasteiger partial charge in [0, 0.05) is 11.1 Å². The molecule has 0 bridgehead atoms. The van der Waals surface area contributed by atoms with Gasteiger partial charge in [0.05, 0.1) is 4.08 Å². The van der Waals surface area contributed by atoms with Gasteiger partial charge in [0.2, 0.25) is 0 Å². The number of piperidine rings is 1. The monoisotopic (exact) mass is 233 g/mol. The molecular weight excluding hydrogens is 210 g/mol. The van der Waals surface area contributed by atoms with E-state index in [-0.39, 0.29) is 15.2 Å². The van der Waals surface area contributed by atoms with Crippen molar-refractivity contribution in [3.8, 4) is 0 Å². The lowest BCUT2D eigenvalue weighted by atomic mass is 9.74. The first-order valence-corrected chi connectivity index (χ1v) is 6.15. The molecule has 0 aromatic carbocycles. The van der Waals surface area contributed by atoms with Crippen molar-refractivity contribution < 1.29 is 0 Å². The Labute approximate surface area is 99.2 Å². The fourth-order valence-corrected chi connectivity index (χ4v) is 3.07. The van der Waals surface area contributed by atoms with Gasteiger partial charge in [-0.1, -0.05) is 0 Å². The molecule has 0 aromatic heterocycles. The largest absolute Gasteiger partial charge is 0.307 e. The van der Waals surface area contributed by atoms with E-state index in [1.165, 1.54) is 0 Å². The van der Waals surface area contributed by atoms with Gasteiger partial charge in [0.15, 0.2) is 0 Å². The molecule has 1 N–H and O–H groups in total. The van der Waals surface area contributed by atoms with Crippen LogP contribution in [0.2, 0.25) is 0 Å². The molecule has 0 amide bonds. The summed E-state index contributed by atoms with van der Waals surface area (Å²) in [7, 11) is 0. The standard InChI is InChI=1S/C11H23NS2/c1-9(2)6-8(11(5,13)14)7-10(3,4)12-9/h8,12-14H,6-7H2,1-5H3. The number of hydrogen-bond donors (Lipinski definition) is 3.